The largest absolute Gasteiger partial charge is 0.250 e. The smallest absolute Gasteiger partial charge is 0.244 e. The van der Waals surface area contributed by atoms with Crippen LogP contribution in [0.1, 0.15) is 18.4 Å². The first-order valence-electron chi connectivity index (χ1n) is 8.49. The van der Waals surface area contributed by atoms with E-state index in [1.54, 1.807) is 40.4 Å². The van der Waals surface area contributed by atoms with Crippen LogP contribution in [0.15, 0.2) is 47.6 Å². The topological polar surface area (TPSA) is 68.1 Å². The molecule has 6 nitrogen and oxygen atoms in total. The quantitative estimate of drug-likeness (QED) is 0.704. The maximum absolute atomic E-state index is 13.1. The molecule has 1 aromatic carbocycles. The summed E-state index contributed by atoms with van der Waals surface area (Å²) in [5, 5.41) is 4.81. The summed E-state index contributed by atoms with van der Waals surface area (Å²) in [7, 11) is -1.87. The van der Waals surface area contributed by atoms with Crippen LogP contribution in [0.4, 0.5) is 4.39 Å². The first-order valence-corrected chi connectivity index (χ1v) is 9.93. The number of sulfonamides is 1. The predicted molar refractivity (Wildman–Crippen MR) is 95.5 cm³/mol. The minimum absolute atomic E-state index is 0.130. The van der Waals surface area contributed by atoms with Gasteiger partial charge in [0.15, 0.2) is 5.65 Å². The van der Waals surface area contributed by atoms with E-state index in [1.807, 2.05) is 0 Å². The lowest BCUT2D eigenvalue weighted by molar-refractivity contribution is 0.385. The summed E-state index contributed by atoms with van der Waals surface area (Å²) in [4.78, 5) is 4.43. The van der Waals surface area contributed by atoms with Gasteiger partial charge in [-0.15, -0.1) is 0 Å². The number of hydrogen-bond donors (Lipinski definition) is 0. The standard InChI is InChI=1S/C18H19FN4O2S/c1-22-18-14(11-21-22)10-17(12-20-18)26(24,25)23-8-2-3-16(23)9-13-4-6-15(19)7-5-13/h4-7,10-12,16H,2-3,8-9H2,1H3. The number of pyridine rings is 1. The van der Waals surface area contributed by atoms with E-state index < -0.39 is 10.0 Å². The van der Waals surface area contributed by atoms with Crippen molar-refractivity contribution in [1.29, 1.82) is 0 Å². The van der Waals surface area contributed by atoms with Crippen LogP contribution in [-0.2, 0) is 23.5 Å². The van der Waals surface area contributed by atoms with Crippen LogP contribution in [0.2, 0.25) is 0 Å². The van der Waals surface area contributed by atoms with Crippen LogP contribution in [0.25, 0.3) is 11.0 Å². The van der Waals surface area contributed by atoms with Gasteiger partial charge in [0, 0.05) is 31.2 Å². The van der Waals surface area contributed by atoms with E-state index in [0.717, 1.165) is 18.4 Å². The molecule has 1 aliphatic heterocycles. The van der Waals surface area contributed by atoms with Crippen LogP contribution < -0.4 is 0 Å². The summed E-state index contributed by atoms with van der Waals surface area (Å²) in [6.07, 6.45) is 5.18. The van der Waals surface area contributed by atoms with Gasteiger partial charge < -0.3 is 0 Å². The van der Waals surface area contributed by atoms with Gasteiger partial charge in [0.05, 0.1) is 6.20 Å². The second-order valence-corrected chi connectivity index (χ2v) is 8.48. The zero-order valence-electron chi connectivity index (χ0n) is 14.3. The average Bonchev–Trinajstić information content (AvgIpc) is 3.24. The summed E-state index contributed by atoms with van der Waals surface area (Å²) >= 11 is 0. The molecular formula is C18H19FN4O2S. The molecule has 1 unspecified atom stereocenters. The van der Waals surface area contributed by atoms with Gasteiger partial charge in [-0.3, -0.25) is 4.68 Å². The molecule has 0 saturated carbocycles. The van der Waals surface area contributed by atoms with Crippen LogP contribution >= 0.6 is 0 Å². The van der Waals surface area contributed by atoms with Crippen molar-refractivity contribution in [3.63, 3.8) is 0 Å². The molecule has 0 spiro atoms. The van der Waals surface area contributed by atoms with Crippen LogP contribution in [0.3, 0.4) is 0 Å². The van der Waals surface area contributed by atoms with Crippen molar-refractivity contribution < 1.29 is 12.8 Å². The van der Waals surface area contributed by atoms with Crippen LogP contribution in [0.5, 0.6) is 0 Å². The summed E-state index contributed by atoms with van der Waals surface area (Å²) in [5.41, 5.74) is 1.58. The maximum atomic E-state index is 13.1. The third-order valence-electron chi connectivity index (χ3n) is 4.86. The summed E-state index contributed by atoms with van der Waals surface area (Å²) < 4.78 is 42.5. The van der Waals surface area contributed by atoms with Gasteiger partial charge in [0.1, 0.15) is 10.7 Å². The van der Waals surface area contributed by atoms with Gasteiger partial charge in [-0.2, -0.15) is 9.40 Å². The molecule has 3 heterocycles. The fraction of sp³-hybridized carbons (Fsp3) is 0.333. The molecule has 8 heteroatoms. The number of aromatic nitrogens is 3. The molecule has 1 saturated heterocycles. The van der Waals surface area contributed by atoms with E-state index in [0.29, 0.717) is 24.0 Å². The van der Waals surface area contributed by atoms with E-state index >= 15 is 0 Å². The summed E-state index contributed by atoms with van der Waals surface area (Å²) in [6.45, 7) is 0.485. The second-order valence-electron chi connectivity index (χ2n) is 6.59. The molecular weight excluding hydrogens is 355 g/mol. The first-order chi connectivity index (χ1) is 12.4. The number of fused-ring (bicyclic) bond motifs is 1. The highest BCUT2D eigenvalue weighted by atomic mass is 32.2. The van der Waals surface area contributed by atoms with Gasteiger partial charge in [-0.25, -0.2) is 17.8 Å². The number of benzene rings is 1. The Morgan fingerprint density at radius 2 is 2.00 bits per heavy atom. The normalized spacial score (nSPS) is 18.6. The molecule has 4 rings (SSSR count). The van der Waals surface area contributed by atoms with E-state index in [9.17, 15) is 12.8 Å². The third kappa shape index (κ3) is 2.99. The van der Waals surface area contributed by atoms with E-state index in [4.69, 9.17) is 0 Å². The molecule has 26 heavy (non-hydrogen) atoms. The Morgan fingerprint density at radius 3 is 2.77 bits per heavy atom. The number of halogens is 1. The fourth-order valence-electron chi connectivity index (χ4n) is 3.52. The number of rotatable bonds is 4. The maximum Gasteiger partial charge on any atom is 0.244 e. The highest BCUT2D eigenvalue weighted by Crippen LogP contribution is 2.29. The lowest BCUT2D eigenvalue weighted by atomic mass is 10.0. The van der Waals surface area contributed by atoms with Gasteiger partial charge in [0.25, 0.3) is 0 Å². The Morgan fingerprint density at radius 1 is 1.23 bits per heavy atom. The Labute approximate surface area is 151 Å². The first kappa shape index (κ1) is 17.1. The van der Waals surface area contributed by atoms with Crippen molar-refractivity contribution in [2.24, 2.45) is 7.05 Å². The molecule has 0 amide bonds. The Bertz CT molecular complexity index is 1050. The molecule has 136 valence electrons. The van der Waals surface area contributed by atoms with Crippen molar-refractivity contribution in [2.75, 3.05) is 6.54 Å². The number of nitrogens with zero attached hydrogens (tertiary/aromatic N) is 4. The van der Waals surface area contributed by atoms with Crippen LogP contribution in [-0.4, -0.2) is 40.1 Å². The number of aryl methyl sites for hydroxylation is 1. The highest BCUT2D eigenvalue weighted by Gasteiger charge is 2.35. The molecule has 1 atom stereocenters. The van der Waals surface area contributed by atoms with E-state index in [2.05, 4.69) is 10.1 Å². The molecule has 0 N–H and O–H groups in total. The molecule has 2 aromatic heterocycles. The highest BCUT2D eigenvalue weighted by molar-refractivity contribution is 7.89. The van der Waals surface area contributed by atoms with Gasteiger partial charge in [-0.05, 0) is 43.0 Å². The van der Waals surface area contributed by atoms with Gasteiger partial charge in [-0.1, -0.05) is 12.1 Å². The molecule has 1 fully saturated rings. The zero-order chi connectivity index (χ0) is 18.3. The summed E-state index contributed by atoms with van der Waals surface area (Å²) in [5.74, 6) is -0.291. The minimum Gasteiger partial charge on any atom is -0.250 e. The molecule has 1 aliphatic rings. The van der Waals surface area contributed by atoms with Crippen molar-refractivity contribution >= 4 is 21.1 Å². The van der Waals surface area contributed by atoms with Crippen molar-refractivity contribution in [1.82, 2.24) is 19.1 Å². The second kappa shape index (κ2) is 6.44. The predicted octanol–water partition coefficient (Wildman–Crippen LogP) is 2.50. The third-order valence-corrected chi connectivity index (χ3v) is 6.78. The van der Waals surface area contributed by atoms with Crippen molar-refractivity contribution in [3.05, 3.63) is 54.1 Å². The Kier molecular flexibility index (Phi) is 4.24. The lowest BCUT2D eigenvalue weighted by Crippen LogP contribution is -2.36. The average molecular weight is 374 g/mol. The monoisotopic (exact) mass is 374 g/mol. The minimum atomic E-state index is -3.64. The van der Waals surface area contributed by atoms with E-state index in [1.165, 1.54) is 18.3 Å². The Hall–Kier alpha value is -2.32. The molecule has 0 aliphatic carbocycles. The molecule has 0 radical (unpaired) electrons. The van der Waals surface area contributed by atoms with Crippen LogP contribution in [0, 0.1) is 5.82 Å². The summed E-state index contributed by atoms with van der Waals surface area (Å²) in [6, 6.07) is 7.73. The zero-order valence-corrected chi connectivity index (χ0v) is 15.2. The van der Waals surface area contributed by atoms with Crippen molar-refractivity contribution in [3.8, 4) is 0 Å². The SMILES string of the molecule is Cn1ncc2cc(S(=O)(=O)N3CCCC3Cc3ccc(F)cc3)cnc21. The fourth-order valence-corrected chi connectivity index (χ4v) is 5.20. The molecule has 0 bridgehead atoms. The van der Waals surface area contributed by atoms with E-state index in [-0.39, 0.29) is 16.8 Å². The van der Waals surface area contributed by atoms with Gasteiger partial charge in [0.2, 0.25) is 10.0 Å². The van der Waals surface area contributed by atoms with Crippen molar-refractivity contribution in [2.45, 2.75) is 30.2 Å². The molecule has 3 aromatic rings. The number of hydrogen-bond acceptors (Lipinski definition) is 4. The Balaban J connectivity index is 1.63. The lowest BCUT2D eigenvalue weighted by Gasteiger charge is -2.24. The van der Waals surface area contributed by atoms with Gasteiger partial charge >= 0.3 is 0 Å².